The molecule has 1 aromatic heterocycles. The second-order valence-corrected chi connectivity index (χ2v) is 3.75. The van der Waals surface area contributed by atoms with Gasteiger partial charge in [-0.25, -0.2) is 13.8 Å². The summed E-state index contributed by atoms with van der Waals surface area (Å²) < 4.78 is 61.8. The fraction of sp³-hybridized carbons (Fsp3) is 0.375. The molecule has 0 unspecified atom stereocenters. The highest BCUT2D eigenvalue weighted by Crippen LogP contribution is 2.36. The number of nitrogens with zero attached hydrogens (tertiary/aromatic N) is 1. The molecule has 8 heteroatoms. The zero-order valence-electron chi connectivity index (χ0n) is 7.45. The van der Waals surface area contributed by atoms with Crippen molar-refractivity contribution in [1.82, 2.24) is 4.98 Å². The zero-order chi connectivity index (χ0) is 12.5. The second kappa shape index (κ2) is 4.83. The third-order valence-electron chi connectivity index (χ3n) is 1.72. The van der Waals surface area contributed by atoms with Crippen LogP contribution in [-0.2, 0) is 11.5 Å². The van der Waals surface area contributed by atoms with Crippen LogP contribution in [0.25, 0.3) is 0 Å². The first-order valence-corrected chi connectivity index (χ1v) is 5.38. The molecule has 0 saturated carbocycles. The minimum atomic E-state index is -4.71. The summed E-state index contributed by atoms with van der Waals surface area (Å²) in [6.45, 7) is 0. The van der Waals surface area contributed by atoms with E-state index in [1.165, 1.54) is 0 Å². The Morgan fingerprint density at radius 2 is 1.94 bits per heavy atom. The number of pyridine rings is 1. The summed E-state index contributed by atoms with van der Waals surface area (Å²) >= 11 is 8.16. The minimum absolute atomic E-state index is 0.226. The Labute approximate surface area is 101 Å². The van der Waals surface area contributed by atoms with Gasteiger partial charge in [-0.3, -0.25) is 0 Å². The third kappa shape index (κ3) is 2.82. The van der Waals surface area contributed by atoms with Gasteiger partial charge >= 0.3 is 6.18 Å². The molecule has 1 aromatic rings. The number of rotatable bonds is 2. The van der Waals surface area contributed by atoms with E-state index < -0.39 is 34.6 Å². The van der Waals surface area contributed by atoms with E-state index in [1.807, 2.05) is 0 Å². The molecule has 0 N–H and O–H groups in total. The van der Waals surface area contributed by atoms with Crippen LogP contribution in [0.3, 0.4) is 0 Å². The molecule has 0 fully saturated rings. The molecule has 0 aliphatic carbocycles. The van der Waals surface area contributed by atoms with Gasteiger partial charge < -0.3 is 0 Å². The monoisotopic (exact) mass is 323 g/mol. The fourth-order valence-corrected chi connectivity index (χ4v) is 1.77. The molecule has 0 saturated heterocycles. The predicted molar refractivity (Wildman–Crippen MR) is 51.8 cm³/mol. The average molecular weight is 324 g/mol. The van der Waals surface area contributed by atoms with Crippen LogP contribution in [0.5, 0.6) is 0 Å². The van der Waals surface area contributed by atoms with Crippen molar-refractivity contribution in [2.24, 2.45) is 0 Å². The Kier molecular flexibility index (Phi) is 4.12. The molecule has 1 heterocycles. The van der Waals surface area contributed by atoms with Crippen LogP contribution in [-0.4, -0.2) is 4.98 Å². The lowest BCUT2D eigenvalue weighted by molar-refractivity contribution is -0.141. The SMILES string of the molecule is FC(F)c1c(Cl)cc(C(F)(F)F)nc1CBr. The van der Waals surface area contributed by atoms with Gasteiger partial charge in [-0.15, -0.1) is 0 Å². The molecule has 16 heavy (non-hydrogen) atoms. The normalized spacial score (nSPS) is 12.2. The first-order chi connectivity index (χ1) is 7.27. The number of aromatic nitrogens is 1. The van der Waals surface area contributed by atoms with Crippen molar-refractivity contribution in [3.8, 4) is 0 Å². The first-order valence-electron chi connectivity index (χ1n) is 3.88. The Balaban J connectivity index is 3.38. The average Bonchev–Trinajstić information content (AvgIpc) is 2.14. The summed E-state index contributed by atoms with van der Waals surface area (Å²) in [5, 5.41) is -0.858. The topological polar surface area (TPSA) is 12.9 Å². The fourth-order valence-electron chi connectivity index (χ4n) is 1.05. The lowest BCUT2D eigenvalue weighted by Crippen LogP contribution is -2.11. The molecule has 0 aliphatic heterocycles. The molecule has 0 atom stereocenters. The molecule has 1 rings (SSSR count). The van der Waals surface area contributed by atoms with Gasteiger partial charge in [-0.05, 0) is 6.07 Å². The Morgan fingerprint density at radius 3 is 2.31 bits per heavy atom. The summed E-state index contributed by atoms with van der Waals surface area (Å²) in [5.41, 5.74) is -2.36. The van der Waals surface area contributed by atoms with Gasteiger partial charge in [0.2, 0.25) is 0 Å². The molecule has 1 nitrogen and oxygen atoms in total. The lowest BCUT2D eigenvalue weighted by atomic mass is 10.2. The van der Waals surface area contributed by atoms with Crippen molar-refractivity contribution in [3.05, 3.63) is 28.0 Å². The minimum Gasteiger partial charge on any atom is -0.247 e. The van der Waals surface area contributed by atoms with E-state index in [0.29, 0.717) is 6.07 Å². The third-order valence-corrected chi connectivity index (χ3v) is 2.57. The first kappa shape index (κ1) is 13.6. The molecule has 0 aromatic carbocycles. The van der Waals surface area contributed by atoms with E-state index in [0.717, 1.165) is 0 Å². The van der Waals surface area contributed by atoms with Crippen molar-refractivity contribution in [1.29, 1.82) is 0 Å². The summed E-state index contributed by atoms with van der Waals surface area (Å²) in [5.74, 6) is 0. The molecule has 0 spiro atoms. The van der Waals surface area contributed by atoms with Crippen molar-refractivity contribution in [2.45, 2.75) is 17.9 Å². The Morgan fingerprint density at radius 1 is 1.38 bits per heavy atom. The highest BCUT2D eigenvalue weighted by atomic mass is 79.9. The summed E-state index contributed by atoms with van der Waals surface area (Å²) in [6.07, 6.45) is -7.67. The smallest absolute Gasteiger partial charge is 0.247 e. The largest absolute Gasteiger partial charge is 0.433 e. The summed E-state index contributed by atoms with van der Waals surface area (Å²) in [4.78, 5) is 3.11. The number of hydrogen-bond donors (Lipinski definition) is 0. The van der Waals surface area contributed by atoms with Gasteiger partial charge in [-0.2, -0.15) is 13.2 Å². The van der Waals surface area contributed by atoms with Crippen LogP contribution in [0.4, 0.5) is 22.0 Å². The molecular weight excluding hydrogens is 320 g/mol. The maximum atomic E-state index is 12.5. The summed E-state index contributed by atoms with van der Waals surface area (Å²) in [7, 11) is 0. The molecule has 90 valence electrons. The predicted octanol–water partition coefficient (Wildman–Crippen LogP) is 4.59. The highest BCUT2D eigenvalue weighted by molar-refractivity contribution is 9.08. The Bertz CT molecular complexity index is 393. The van der Waals surface area contributed by atoms with Crippen molar-refractivity contribution >= 4 is 27.5 Å². The van der Waals surface area contributed by atoms with Crippen LogP contribution in [0.1, 0.15) is 23.4 Å². The van der Waals surface area contributed by atoms with E-state index in [-0.39, 0.29) is 5.33 Å². The second-order valence-electron chi connectivity index (χ2n) is 2.78. The summed E-state index contributed by atoms with van der Waals surface area (Å²) in [6, 6.07) is 0.398. The van der Waals surface area contributed by atoms with Gasteiger partial charge in [0.1, 0.15) is 5.69 Å². The molecule has 0 bridgehead atoms. The zero-order valence-corrected chi connectivity index (χ0v) is 9.80. The van der Waals surface area contributed by atoms with Crippen molar-refractivity contribution < 1.29 is 22.0 Å². The quantitative estimate of drug-likeness (QED) is 0.573. The molecule has 0 radical (unpaired) electrons. The van der Waals surface area contributed by atoms with Crippen LogP contribution in [0, 0.1) is 0 Å². The van der Waals surface area contributed by atoms with Crippen LogP contribution in [0.2, 0.25) is 5.02 Å². The highest BCUT2D eigenvalue weighted by Gasteiger charge is 2.34. The van der Waals surface area contributed by atoms with E-state index >= 15 is 0 Å². The van der Waals surface area contributed by atoms with E-state index in [2.05, 4.69) is 20.9 Å². The standard InChI is InChI=1S/C8H4BrClF5N/c9-2-4-6(7(11)12)3(10)1-5(16-4)8(13,14)15/h1,7H,2H2. The number of alkyl halides is 6. The maximum absolute atomic E-state index is 12.5. The van der Waals surface area contributed by atoms with Crippen LogP contribution >= 0.6 is 27.5 Å². The van der Waals surface area contributed by atoms with E-state index in [9.17, 15) is 22.0 Å². The van der Waals surface area contributed by atoms with Gasteiger partial charge in [-0.1, -0.05) is 27.5 Å². The van der Waals surface area contributed by atoms with Crippen molar-refractivity contribution in [2.75, 3.05) is 0 Å². The van der Waals surface area contributed by atoms with Crippen molar-refractivity contribution in [3.63, 3.8) is 0 Å². The van der Waals surface area contributed by atoms with Gasteiger partial charge in [0, 0.05) is 5.33 Å². The van der Waals surface area contributed by atoms with Gasteiger partial charge in [0.15, 0.2) is 0 Å². The lowest BCUT2D eigenvalue weighted by Gasteiger charge is -2.12. The Hall–Kier alpha value is -0.430. The molecular formula is C8H4BrClF5N. The maximum Gasteiger partial charge on any atom is 0.433 e. The molecule has 0 amide bonds. The van der Waals surface area contributed by atoms with Gasteiger partial charge in [0.25, 0.3) is 6.43 Å². The molecule has 0 aliphatic rings. The number of halogens is 7. The van der Waals surface area contributed by atoms with Gasteiger partial charge in [0.05, 0.1) is 16.3 Å². The van der Waals surface area contributed by atoms with Crippen LogP contribution < -0.4 is 0 Å². The number of hydrogen-bond acceptors (Lipinski definition) is 1. The van der Waals surface area contributed by atoms with E-state index in [4.69, 9.17) is 11.6 Å². The van der Waals surface area contributed by atoms with E-state index in [1.54, 1.807) is 0 Å². The van der Waals surface area contributed by atoms with Crippen LogP contribution in [0.15, 0.2) is 6.07 Å².